The molecule has 1 fully saturated rings. The molecule has 0 saturated carbocycles. The Morgan fingerprint density at radius 2 is 1.66 bits per heavy atom. The van der Waals surface area contributed by atoms with E-state index in [1.807, 2.05) is 72.8 Å². The number of benzene rings is 3. The van der Waals surface area contributed by atoms with Crippen LogP contribution in [0.2, 0.25) is 5.02 Å². The molecule has 1 aromatic heterocycles. The van der Waals surface area contributed by atoms with E-state index in [0.29, 0.717) is 26.8 Å². The number of thiophene rings is 1. The van der Waals surface area contributed by atoms with Gasteiger partial charge in [0.15, 0.2) is 0 Å². The first-order chi connectivity index (χ1) is 15.5. The van der Waals surface area contributed by atoms with Crippen LogP contribution in [0, 0.1) is 0 Å². The lowest BCUT2D eigenvalue weighted by Crippen LogP contribution is -2.63. The second kappa shape index (κ2) is 8.47. The fourth-order valence-corrected chi connectivity index (χ4v) is 5.33. The van der Waals surface area contributed by atoms with Crippen LogP contribution in [-0.2, 0) is 4.79 Å². The van der Waals surface area contributed by atoms with Crippen molar-refractivity contribution in [3.05, 3.63) is 94.3 Å². The van der Waals surface area contributed by atoms with E-state index in [0.717, 1.165) is 10.3 Å². The highest BCUT2D eigenvalue weighted by Gasteiger charge is 2.48. The van der Waals surface area contributed by atoms with Crippen LogP contribution in [0.5, 0.6) is 11.5 Å². The summed E-state index contributed by atoms with van der Waals surface area (Å²) in [7, 11) is 0. The standard InChI is InChI=1S/C24H16Cl2N2O3S/c25-19-17-13-16(31-15-9-5-2-6-10-15)11-12-18(17)32-22(19)23(29)27-28-21(20(26)24(28)30)14-7-3-1-4-8-14/h1-13,20-21H,(H,27,29). The normalized spacial score (nSPS) is 17.8. The number of amides is 2. The number of nitrogens with one attached hydrogen (secondary N) is 1. The van der Waals surface area contributed by atoms with Gasteiger partial charge in [-0.05, 0) is 35.9 Å². The summed E-state index contributed by atoms with van der Waals surface area (Å²) in [5.74, 6) is 0.502. The third kappa shape index (κ3) is 3.71. The number of hydrogen-bond acceptors (Lipinski definition) is 4. The number of hydrazine groups is 1. The molecule has 160 valence electrons. The molecule has 5 rings (SSSR count). The molecule has 8 heteroatoms. The van der Waals surface area contributed by atoms with E-state index >= 15 is 0 Å². The molecule has 3 aromatic carbocycles. The second-order valence-electron chi connectivity index (χ2n) is 7.22. The minimum atomic E-state index is -0.728. The molecule has 4 aromatic rings. The molecular formula is C24H16Cl2N2O3S. The van der Waals surface area contributed by atoms with Gasteiger partial charge in [0.05, 0.1) is 5.02 Å². The first-order valence-electron chi connectivity index (χ1n) is 9.81. The Hall–Kier alpha value is -3.06. The van der Waals surface area contributed by atoms with E-state index in [2.05, 4.69) is 5.43 Å². The first-order valence-corrected chi connectivity index (χ1v) is 11.4. The van der Waals surface area contributed by atoms with Gasteiger partial charge in [-0.25, -0.2) is 5.01 Å². The van der Waals surface area contributed by atoms with E-state index in [9.17, 15) is 9.59 Å². The van der Waals surface area contributed by atoms with E-state index in [4.69, 9.17) is 27.9 Å². The Morgan fingerprint density at radius 3 is 2.38 bits per heavy atom. The van der Waals surface area contributed by atoms with Crippen LogP contribution >= 0.6 is 34.5 Å². The molecule has 0 spiro atoms. The molecule has 1 saturated heterocycles. The highest BCUT2D eigenvalue weighted by Crippen LogP contribution is 2.40. The van der Waals surface area contributed by atoms with Gasteiger partial charge in [0, 0.05) is 10.1 Å². The zero-order chi connectivity index (χ0) is 22.2. The molecule has 0 aliphatic carbocycles. The summed E-state index contributed by atoms with van der Waals surface area (Å²) in [6.07, 6.45) is 0. The smallest absolute Gasteiger partial charge is 0.281 e. The molecule has 2 atom stereocenters. The predicted octanol–water partition coefficient (Wildman–Crippen LogP) is 6.18. The number of ether oxygens (including phenoxy) is 1. The Bertz CT molecular complexity index is 1310. The number of alkyl halides is 1. The zero-order valence-corrected chi connectivity index (χ0v) is 18.8. The van der Waals surface area contributed by atoms with E-state index in [1.165, 1.54) is 16.3 Å². The summed E-state index contributed by atoms with van der Waals surface area (Å²) in [6.45, 7) is 0. The predicted molar refractivity (Wildman–Crippen MR) is 126 cm³/mol. The molecule has 1 N–H and O–H groups in total. The maximum absolute atomic E-state index is 13.0. The van der Waals surface area contributed by atoms with Crippen molar-refractivity contribution in [1.29, 1.82) is 0 Å². The van der Waals surface area contributed by atoms with Crippen molar-refractivity contribution >= 4 is 56.4 Å². The van der Waals surface area contributed by atoms with Crippen LogP contribution in [0.4, 0.5) is 0 Å². The Balaban J connectivity index is 1.39. The quantitative estimate of drug-likeness (QED) is 0.272. The lowest BCUT2D eigenvalue weighted by atomic mass is 9.95. The van der Waals surface area contributed by atoms with Crippen LogP contribution in [-0.4, -0.2) is 22.2 Å². The highest BCUT2D eigenvalue weighted by molar-refractivity contribution is 7.21. The average Bonchev–Trinajstić information content (AvgIpc) is 3.15. The molecule has 32 heavy (non-hydrogen) atoms. The second-order valence-corrected chi connectivity index (χ2v) is 9.13. The number of fused-ring (bicyclic) bond motifs is 1. The van der Waals surface area contributed by atoms with Gasteiger partial charge in [0.2, 0.25) is 0 Å². The number of hydrogen-bond donors (Lipinski definition) is 1. The van der Waals surface area contributed by atoms with Crippen molar-refractivity contribution in [3.63, 3.8) is 0 Å². The Labute approximate surface area is 198 Å². The number of carbonyl (C=O) groups excluding carboxylic acids is 2. The first kappa shape index (κ1) is 20.8. The summed E-state index contributed by atoms with van der Waals surface area (Å²) < 4.78 is 6.71. The van der Waals surface area contributed by atoms with Crippen molar-refractivity contribution in [2.24, 2.45) is 0 Å². The topological polar surface area (TPSA) is 58.6 Å². The summed E-state index contributed by atoms with van der Waals surface area (Å²) in [5, 5.41) is 1.56. The highest BCUT2D eigenvalue weighted by atomic mass is 35.5. The Kier molecular flexibility index (Phi) is 5.51. The van der Waals surface area contributed by atoms with Crippen molar-refractivity contribution in [2.75, 3.05) is 0 Å². The van der Waals surface area contributed by atoms with Crippen LogP contribution in [0.1, 0.15) is 21.3 Å². The maximum atomic E-state index is 13.0. The summed E-state index contributed by atoms with van der Waals surface area (Å²) in [6, 6.07) is 23.8. The summed E-state index contributed by atoms with van der Waals surface area (Å²) in [5.41, 5.74) is 3.52. The van der Waals surface area contributed by atoms with Crippen LogP contribution in [0.25, 0.3) is 10.1 Å². The minimum Gasteiger partial charge on any atom is -0.457 e. The van der Waals surface area contributed by atoms with Crippen LogP contribution in [0.15, 0.2) is 78.9 Å². The molecule has 2 amide bonds. The molecule has 0 bridgehead atoms. The van der Waals surface area contributed by atoms with Gasteiger partial charge in [0.1, 0.15) is 27.8 Å². The van der Waals surface area contributed by atoms with Gasteiger partial charge in [0.25, 0.3) is 11.8 Å². The van der Waals surface area contributed by atoms with Crippen LogP contribution < -0.4 is 10.2 Å². The average molecular weight is 483 g/mol. The van der Waals surface area contributed by atoms with Crippen molar-refractivity contribution in [3.8, 4) is 11.5 Å². The monoisotopic (exact) mass is 482 g/mol. The Morgan fingerprint density at radius 1 is 0.969 bits per heavy atom. The molecule has 2 unspecified atom stereocenters. The summed E-state index contributed by atoms with van der Waals surface area (Å²) >= 11 is 14.0. The SMILES string of the molecule is O=C(NN1C(=O)C(Cl)C1c1ccccc1)c1sc2ccc(Oc3ccccc3)cc2c1Cl. The number of nitrogens with zero attached hydrogens (tertiary/aromatic N) is 1. The van der Waals surface area contributed by atoms with E-state index in [1.54, 1.807) is 6.07 Å². The van der Waals surface area contributed by atoms with Crippen LogP contribution in [0.3, 0.4) is 0 Å². The number of halogens is 2. The maximum Gasteiger partial charge on any atom is 0.281 e. The molecule has 1 aliphatic rings. The van der Waals surface area contributed by atoms with E-state index in [-0.39, 0.29) is 5.91 Å². The summed E-state index contributed by atoms with van der Waals surface area (Å²) in [4.78, 5) is 25.6. The zero-order valence-electron chi connectivity index (χ0n) is 16.5. The van der Waals surface area contributed by atoms with Gasteiger partial charge in [-0.2, -0.15) is 0 Å². The fraction of sp³-hybridized carbons (Fsp3) is 0.0833. The van der Waals surface area contributed by atoms with Gasteiger partial charge in [-0.15, -0.1) is 22.9 Å². The van der Waals surface area contributed by atoms with Gasteiger partial charge in [-0.3, -0.25) is 15.0 Å². The largest absolute Gasteiger partial charge is 0.457 e. The van der Waals surface area contributed by atoms with Gasteiger partial charge < -0.3 is 4.74 Å². The van der Waals surface area contributed by atoms with E-state index < -0.39 is 17.3 Å². The molecular weight excluding hydrogens is 467 g/mol. The molecule has 0 radical (unpaired) electrons. The fourth-order valence-electron chi connectivity index (χ4n) is 3.59. The van der Waals surface area contributed by atoms with Gasteiger partial charge in [-0.1, -0.05) is 60.1 Å². The third-order valence-corrected chi connectivity index (χ3v) is 7.28. The molecule has 2 heterocycles. The van der Waals surface area contributed by atoms with Gasteiger partial charge >= 0.3 is 0 Å². The van der Waals surface area contributed by atoms with Crippen molar-refractivity contribution in [1.82, 2.24) is 10.4 Å². The number of para-hydroxylation sites is 1. The number of carbonyl (C=O) groups is 2. The van der Waals surface area contributed by atoms with Crippen molar-refractivity contribution in [2.45, 2.75) is 11.4 Å². The van der Waals surface area contributed by atoms with Crippen molar-refractivity contribution < 1.29 is 14.3 Å². The number of β-lactam (4-membered cyclic amide) rings is 1. The minimum absolute atomic E-state index is 0.313. The number of rotatable bonds is 5. The lowest BCUT2D eigenvalue weighted by molar-refractivity contribution is -0.149. The molecule has 1 aliphatic heterocycles. The third-order valence-electron chi connectivity index (χ3n) is 5.18. The molecule has 5 nitrogen and oxygen atoms in total. The lowest BCUT2D eigenvalue weighted by Gasteiger charge is -2.43.